The van der Waals surface area contributed by atoms with Crippen molar-refractivity contribution in [1.29, 1.82) is 0 Å². The maximum absolute atomic E-state index is 11.7. The molecule has 7 nitrogen and oxygen atoms in total. The SMILES string of the molecule is COC(=O)C(CC(C)C)Nc1nc(Cl)nc(OC)n1. The van der Waals surface area contributed by atoms with Crippen molar-refractivity contribution in [3.8, 4) is 6.01 Å². The van der Waals surface area contributed by atoms with Crippen molar-refractivity contribution in [1.82, 2.24) is 15.0 Å². The van der Waals surface area contributed by atoms with Crippen LogP contribution in [0.2, 0.25) is 5.28 Å². The van der Waals surface area contributed by atoms with Gasteiger partial charge in [-0.25, -0.2) is 4.79 Å². The van der Waals surface area contributed by atoms with E-state index in [2.05, 4.69) is 20.3 Å². The third-order valence-electron chi connectivity index (χ3n) is 2.27. The van der Waals surface area contributed by atoms with Crippen LogP contribution in [0.4, 0.5) is 5.95 Å². The Morgan fingerprint density at radius 1 is 1.32 bits per heavy atom. The third-order valence-corrected chi connectivity index (χ3v) is 2.44. The van der Waals surface area contributed by atoms with E-state index in [1.54, 1.807) is 0 Å². The van der Waals surface area contributed by atoms with Crippen LogP contribution in [-0.4, -0.2) is 41.2 Å². The largest absolute Gasteiger partial charge is 0.467 e. The van der Waals surface area contributed by atoms with Crippen molar-refractivity contribution in [2.75, 3.05) is 19.5 Å². The molecule has 0 amide bonds. The molecule has 1 unspecified atom stereocenters. The first-order chi connectivity index (χ1) is 8.96. The highest BCUT2D eigenvalue weighted by Crippen LogP contribution is 2.15. The first kappa shape index (κ1) is 15.4. The highest BCUT2D eigenvalue weighted by Gasteiger charge is 2.22. The van der Waals surface area contributed by atoms with Crippen molar-refractivity contribution < 1.29 is 14.3 Å². The Labute approximate surface area is 116 Å². The summed E-state index contributed by atoms with van der Waals surface area (Å²) in [4.78, 5) is 23.3. The summed E-state index contributed by atoms with van der Waals surface area (Å²) in [6, 6.07) is -0.469. The van der Waals surface area contributed by atoms with Crippen LogP contribution in [-0.2, 0) is 9.53 Å². The van der Waals surface area contributed by atoms with Crippen LogP contribution in [0.1, 0.15) is 20.3 Å². The molecular formula is C11H17ClN4O3. The summed E-state index contributed by atoms with van der Waals surface area (Å²) in [6.07, 6.45) is 0.582. The normalized spacial score (nSPS) is 12.1. The Kier molecular flexibility index (Phi) is 5.75. The molecular weight excluding hydrogens is 272 g/mol. The Balaban J connectivity index is 2.89. The third kappa shape index (κ3) is 4.86. The summed E-state index contributed by atoms with van der Waals surface area (Å²) in [5, 5.41) is 2.86. The molecule has 1 N–H and O–H groups in total. The molecule has 0 aliphatic carbocycles. The molecule has 0 aliphatic rings. The Morgan fingerprint density at radius 2 is 2.00 bits per heavy atom. The zero-order valence-electron chi connectivity index (χ0n) is 11.3. The van der Waals surface area contributed by atoms with Gasteiger partial charge in [-0.1, -0.05) is 13.8 Å². The van der Waals surface area contributed by atoms with Gasteiger partial charge in [-0.3, -0.25) is 0 Å². The highest BCUT2D eigenvalue weighted by molar-refractivity contribution is 6.28. The van der Waals surface area contributed by atoms with Crippen molar-refractivity contribution in [2.24, 2.45) is 5.92 Å². The van der Waals surface area contributed by atoms with Gasteiger partial charge in [0.15, 0.2) is 0 Å². The van der Waals surface area contributed by atoms with Gasteiger partial charge >= 0.3 is 12.0 Å². The van der Waals surface area contributed by atoms with E-state index in [4.69, 9.17) is 21.1 Å². The van der Waals surface area contributed by atoms with Crippen molar-refractivity contribution in [3.05, 3.63) is 5.28 Å². The maximum Gasteiger partial charge on any atom is 0.328 e. The van der Waals surface area contributed by atoms with Gasteiger partial charge in [0.25, 0.3) is 0 Å². The fourth-order valence-corrected chi connectivity index (χ4v) is 1.62. The topological polar surface area (TPSA) is 86.2 Å². The summed E-state index contributed by atoms with van der Waals surface area (Å²) >= 11 is 5.73. The van der Waals surface area contributed by atoms with E-state index < -0.39 is 6.04 Å². The Bertz CT molecular complexity index is 442. The molecule has 1 atom stereocenters. The number of rotatable bonds is 6. The van der Waals surface area contributed by atoms with E-state index in [-0.39, 0.29) is 23.2 Å². The van der Waals surface area contributed by atoms with Gasteiger partial charge in [-0.2, -0.15) is 15.0 Å². The molecule has 8 heteroatoms. The van der Waals surface area contributed by atoms with E-state index in [0.29, 0.717) is 12.3 Å². The molecule has 1 aromatic rings. The smallest absolute Gasteiger partial charge is 0.328 e. The lowest BCUT2D eigenvalue weighted by Crippen LogP contribution is -2.32. The average molecular weight is 289 g/mol. The fourth-order valence-electron chi connectivity index (χ4n) is 1.47. The summed E-state index contributed by atoms with van der Waals surface area (Å²) < 4.78 is 9.62. The van der Waals surface area contributed by atoms with Gasteiger partial charge in [0.05, 0.1) is 14.2 Å². The van der Waals surface area contributed by atoms with Crippen molar-refractivity contribution in [3.63, 3.8) is 0 Å². The average Bonchev–Trinajstić information content (AvgIpc) is 2.35. The van der Waals surface area contributed by atoms with E-state index in [1.807, 2.05) is 13.8 Å². The molecule has 0 aromatic carbocycles. The summed E-state index contributed by atoms with van der Waals surface area (Å²) in [7, 11) is 2.75. The number of hydrogen-bond donors (Lipinski definition) is 1. The first-order valence-electron chi connectivity index (χ1n) is 5.76. The molecule has 1 rings (SSSR count). The number of anilines is 1. The van der Waals surface area contributed by atoms with Crippen LogP contribution < -0.4 is 10.1 Å². The number of nitrogens with zero attached hydrogens (tertiary/aromatic N) is 3. The standard InChI is InChI=1S/C11H17ClN4O3/c1-6(2)5-7(8(17)18-3)13-10-14-9(12)15-11(16-10)19-4/h6-7H,5H2,1-4H3,(H,13,14,15,16). The molecule has 0 bridgehead atoms. The first-order valence-corrected chi connectivity index (χ1v) is 6.14. The number of carbonyl (C=O) groups excluding carboxylic acids is 1. The molecule has 1 heterocycles. The second-order valence-corrected chi connectivity index (χ2v) is 4.60. The zero-order chi connectivity index (χ0) is 14.4. The minimum atomic E-state index is -0.548. The zero-order valence-corrected chi connectivity index (χ0v) is 12.1. The maximum atomic E-state index is 11.7. The molecule has 0 saturated carbocycles. The molecule has 0 aliphatic heterocycles. The minimum Gasteiger partial charge on any atom is -0.467 e. The van der Waals surface area contributed by atoms with Crippen LogP contribution in [0.5, 0.6) is 6.01 Å². The quantitative estimate of drug-likeness (QED) is 0.794. The number of aromatic nitrogens is 3. The minimum absolute atomic E-state index is 0.0116. The van der Waals surface area contributed by atoms with Gasteiger partial charge in [-0.15, -0.1) is 0 Å². The predicted molar refractivity (Wildman–Crippen MR) is 70.3 cm³/mol. The second kappa shape index (κ2) is 7.08. The lowest BCUT2D eigenvalue weighted by molar-refractivity contribution is -0.141. The number of carbonyl (C=O) groups is 1. The van der Waals surface area contributed by atoms with E-state index in [1.165, 1.54) is 14.2 Å². The monoisotopic (exact) mass is 288 g/mol. The van der Waals surface area contributed by atoms with Crippen molar-refractivity contribution >= 4 is 23.5 Å². The van der Waals surface area contributed by atoms with E-state index in [0.717, 1.165) is 0 Å². The lowest BCUT2D eigenvalue weighted by atomic mass is 10.0. The van der Waals surface area contributed by atoms with Crippen LogP contribution in [0.25, 0.3) is 0 Å². The van der Waals surface area contributed by atoms with Crippen LogP contribution in [0.3, 0.4) is 0 Å². The Morgan fingerprint density at radius 3 is 2.53 bits per heavy atom. The molecule has 0 fully saturated rings. The number of esters is 1. The fraction of sp³-hybridized carbons (Fsp3) is 0.636. The van der Waals surface area contributed by atoms with Gasteiger partial charge < -0.3 is 14.8 Å². The molecule has 0 radical (unpaired) electrons. The van der Waals surface area contributed by atoms with E-state index >= 15 is 0 Å². The molecule has 19 heavy (non-hydrogen) atoms. The molecule has 0 saturated heterocycles. The van der Waals surface area contributed by atoms with Gasteiger partial charge in [0.2, 0.25) is 11.2 Å². The van der Waals surface area contributed by atoms with Gasteiger partial charge in [0, 0.05) is 0 Å². The second-order valence-electron chi connectivity index (χ2n) is 4.26. The van der Waals surface area contributed by atoms with Crippen LogP contribution in [0, 0.1) is 5.92 Å². The summed E-state index contributed by atoms with van der Waals surface area (Å²) in [6.45, 7) is 4.00. The van der Waals surface area contributed by atoms with E-state index in [9.17, 15) is 4.79 Å². The van der Waals surface area contributed by atoms with Crippen LogP contribution in [0.15, 0.2) is 0 Å². The molecule has 0 spiro atoms. The number of methoxy groups -OCH3 is 2. The number of halogens is 1. The number of hydrogen-bond acceptors (Lipinski definition) is 7. The molecule has 1 aromatic heterocycles. The van der Waals surface area contributed by atoms with Crippen molar-refractivity contribution in [2.45, 2.75) is 26.3 Å². The highest BCUT2D eigenvalue weighted by atomic mass is 35.5. The lowest BCUT2D eigenvalue weighted by Gasteiger charge is -2.18. The van der Waals surface area contributed by atoms with Crippen LogP contribution >= 0.6 is 11.6 Å². The molecule has 106 valence electrons. The summed E-state index contributed by atoms with van der Waals surface area (Å²) in [5.74, 6) is 0.0907. The predicted octanol–water partition coefficient (Wildman–Crippen LogP) is 1.53. The van der Waals surface area contributed by atoms with Gasteiger partial charge in [0.1, 0.15) is 6.04 Å². The van der Waals surface area contributed by atoms with Gasteiger partial charge in [-0.05, 0) is 23.9 Å². The number of ether oxygens (including phenoxy) is 2. The Hall–Kier alpha value is -1.63. The summed E-state index contributed by atoms with van der Waals surface area (Å²) in [5.41, 5.74) is 0. The number of nitrogens with one attached hydrogen (secondary N) is 1.